The van der Waals surface area contributed by atoms with Gasteiger partial charge in [-0.1, -0.05) is 0 Å². The van der Waals surface area contributed by atoms with Crippen LogP contribution in [0.1, 0.15) is 32.6 Å². The van der Waals surface area contributed by atoms with Crippen molar-refractivity contribution in [1.29, 1.82) is 0 Å². The molecule has 0 spiro atoms. The van der Waals surface area contributed by atoms with Gasteiger partial charge in [-0.2, -0.15) is 0 Å². The summed E-state index contributed by atoms with van der Waals surface area (Å²) < 4.78 is 10.1. The van der Waals surface area contributed by atoms with Gasteiger partial charge in [-0.3, -0.25) is 9.59 Å². The lowest BCUT2D eigenvalue weighted by molar-refractivity contribution is -0.136. The first kappa shape index (κ1) is 15.1. The lowest BCUT2D eigenvalue weighted by Gasteiger charge is -2.22. The standard InChI is InChI=1S/C13H23NO4/c1-11(14-7-3-6-13(14)16)12(15)5-4-8-18-10-9-17-2/h11H,3-10H2,1-2H3/t11-/m0/s1. The summed E-state index contributed by atoms with van der Waals surface area (Å²) in [5.74, 6) is 0.229. The van der Waals surface area contributed by atoms with Gasteiger partial charge in [0.1, 0.15) is 0 Å². The molecule has 1 aliphatic heterocycles. The van der Waals surface area contributed by atoms with Crippen molar-refractivity contribution < 1.29 is 19.1 Å². The van der Waals surface area contributed by atoms with Crippen LogP contribution in [0, 0.1) is 0 Å². The Balaban J connectivity index is 2.14. The van der Waals surface area contributed by atoms with Crippen molar-refractivity contribution in [3.63, 3.8) is 0 Å². The molecule has 0 saturated carbocycles. The first-order valence-electron chi connectivity index (χ1n) is 6.55. The minimum absolute atomic E-state index is 0.104. The van der Waals surface area contributed by atoms with E-state index in [0.717, 1.165) is 13.0 Å². The molecule has 1 atom stereocenters. The molecule has 1 rings (SSSR count). The number of ketones is 1. The monoisotopic (exact) mass is 257 g/mol. The first-order valence-corrected chi connectivity index (χ1v) is 6.55. The Morgan fingerprint density at radius 1 is 1.39 bits per heavy atom. The lowest BCUT2D eigenvalue weighted by Crippen LogP contribution is -2.39. The van der Waals surface area contributed by atoms with E-state index in [0.29, 0.717) is 39.1 Å². The maximum absolute atomic E-state index is 11.9. The van der Waals surface area contributed by atoms with E-state index in [9.17, 15) is 9.59 Å². The van der Waals surface area contributed by atoms with Crippen molar-refractivity contribution in [1.82, 2.24) is 4.90 Å². The summed E-state index contributed by atoms with van der Waals surface area (Å²) in [6, 6.07) is -0.279. The van der Waals surface area contributed by atoms with Crippen molar-refractivity contribution >= 4 is 11.7 Å². The van der Waals surface area contributed by atoms with E-state index >= 15 is 0 Å². The van der Waals surface area contributed by atoms with Gasteiger partial charge in [0.05, 0.1) is 19.3 Å². The number of carbonyl (C=O) groups is 2. The third-order valence-corrected chi connectivity index (χ3v) is 3.19. The highest BCUT2D eigenvalue weighted by Gasteiger charge is 2.28. The van der Waals surface area contributed by atoms with Crippen LogP contribution in [-0.4, -0.2) is 56.1 Å². The number of nitrogens with zero attached hydrogens (tertiary/aromatic N) is 1. The Labute approximate surface area is 108 Å². The molecule has 104 valence electrons. The molecule has 5 heteroatoms. The normalized spacial score (nSPS) is 17.2. The average molecular weight is 257 g/mol. The average Bonchev–Trinajstić information content (AvgIpc) is 2.78. The van der Waals surface area contributed by atoms with Gasteiger partial charge < -0.3 is 14.4 Å². The minimum Gasteiger partial charge on any atom is -0.382 e. The Bertz CT molecular complexity index is 280. The number of methoxy groups -OCH3 is 1. The zero-order valence-corrected chi connectivity index (χ0v) is 11.3. The number of hydrogen-bond acceptors (Lipinski definition) is 4. The Morgan fingerprint density at radius 2 is 2.17 bits per heavy atom. The van der Waals surface area contributed by atoms with Gasteiger partial charge in [0, 0.05) is 33.1 Å². The number of carbonyl (C=O) groups excluding carboxylic acids is 2. The van der Waals surface area contributed by atoms with Gasteiger partial charge in [0.25, 0.3) is 0 Å². The van der Waals surface area contributed by atoms with Crippen LogP contribution in [0.2, 0.25) is 0 Å². The topological polar surface area (TPSA) is 55.8 Å². The van der Waals surface area contributed by atoms with Gasteiger partial charge in [-0.15, -0.1) is 0 Å². The molecule has 1 amide bonds. The summed E-state index contributed by atoms with van der Waals surface area (Å²) >= 11 is 0. The number of ether oxygens (including phenoxy) is 2. The molecule has 0 aliphatic carbocycles. The molecule has 0 aromatic heterocycles. The maximum Gasteiger partial charge on any atom is 0.223 e. The van der Waals surface area contributed by atoms with E-state index in [1.54, 1.807) is 12.0 Å². The number of amides is 1. The van der Waals surface area contributed by atoms with Crippen LogP contribution in [-0.2, 0) is 19.1 Å². The van der Waals surface area contributed by atoms with Crippen LogP contribution in [0.4, 0.5) is 0 Å². The molecule has 1 heterocycles. The number of hydrogen-bond donors (Lipinski definition) is 0. The van der Waals surface area contributed by atoms with Gasteiger partial charge in [-0.25, -0.2) is 0 Å². The van der Waals surface area contributed by atoms with Crippen LogP contribution in [0.15, 0.2) is 0 Å². The van der Waals surface area contributed by atoms with Gasteiger partial charge in [0.2, 0.25) is 5.91 Å². The van der Waals surface area contributed by atoms with Crippen LogP contribution in [0.3, 0.4) is 0 Å². The Kier molecular flexibility index (Phi) is 6.90. The van der Waals surface area contributed by atoms with E-state index in [-0.39, 0.29) is 17.7 Å². The second-order valence-corrected chi connectivity index (χ2v) is 4.54. The highest BCUT2D eigenvalue weighted by atomic mass is 16.5. The number of likely N-dealkylation sites (tertiary alicyclic amines) is 1. The molecule has 5 nitrogen and oxygen atoms in total. The molecule has 1 saturated heterocycles. The quantitative estimate of drug-likeness (QED) is 0.578. The molecule has 0 radical (unpaired) electrons. The van der Waals surface area contributed by atoms with Crippen molar-refractivity contribution in [2.24, 2.45) is 0 Å². The maximum atomic E-state index is 11.9. The second kappa shape index (κ2) is 8.21. The smallest absolute Gasteiger partial charge is 0.223 e. The summed E-state index contributed by atoms with van der Waals surface area (Å²) in [5.41, 5.74) is 0. The third kappa shape index (κ3) is 4.74. The van der Waals surface area contributed by atoms with Gasteiger partial charge in [0.15, 0.2) is 5.78 Å². The summed E-state index contributed by atoms with van der Waals surface area (Å²) in [4.78, 5) is 25.1. The van der Waals surface area contributed by atoms with E-state index in [1.807, 2.05) is 6.92 Å². The largest absolute Gasteiger partial charge is 0.382 e. The van der Waals surface area contributed by atoms with Gasteiger partial charge in [-0.05, 0) is 19.8 Å². The SMILES string of the molecule is COCCOCCCC(=O)[C@H](C)N1CCCC1=O. The number of Topliss-reactive ketones (excluding diaryl/α,β-unsaturated/α-hetero) is 1. The van der Waals surface area contributed by atoms with Crippen molar-refractivity contribution in [3.05, 3.63) is 0 Å². The summed E-state index contributed by atoms with van der Waals surface area (Å²) in [6.45, 7) is 4.24. The second-order valence-electron chi connectivity index (χ2n) is 4.54. The first-order chi connectivity index (χ1) is 8.66. The van der Waals surface area contributed by atoms with Crippen LogP contribution < -0.4 is 0 Å². The van der Waals surface area contributed by atoms with Crippen molar-refractivity contribution in [2.75, 3.05) is 33.5 Å². The predicted octanol–water partition coefficient (Wildman–Crippen LogP) is 1.01. The van der Waals surface area contributed by atoms with Crippen LogP contribution in [0.25, 0.3) is 0 Å². The number of rotatable bonds is 9. The minimum atomic E-state index is -0.279. The zero-order chi connectivity index (χ0) is 13.4. The molecule has 0 aromatic rings. The third-order valence-electron chi connectivity index (χ3n) is 3.19. The van der Waals surface area contributed by atoms with Crippen LogP contribution in [0.5, 0.6) is 0 Å². The molecular formula is C13H23NO4. The molecule has 0 bridgehead atoms. The molecule has 18 heavy (non-hydrogen) atoms. The fraction of sp³-hybridized carbons (Fsp3) is 0.846. The molecule has 0 unspecified atom stereocenters. The van der Waals surface area contributed by atoms with Crippen molar-refractivity contribution in [2.45, 2.75) is 38.6 Å². The molecule has 1 fully saturated rings. The van der Waals surface area contributed by atoms with Gasteiger partial charge >= 0.3 is 0 Å². The molecule has 0 N–H and O–H groups in total. The summed E-state index contributed by atoms with van der Waals surface area (Å²) in [5, 5.41) is 0. The van der Waals surface area contributed by atoms with Crippen molar-refractivity contribution in [3.8, 4) is 0 Å². The highest BCUT2D eigenvalue weighted by Crippen LogP contribution is 2.15. The van der Waals surface area contributed by atoms with E-state index in [2.05, 4.69) is 0 Å². The summed E-state index contributed by atoms with van der Waals surface area (Å²) in [6.07, 6.45) is 2.63. The molecule has 0 aromatic carbocycles. The Morgan fingerprint density at radius 3 is 2.78 bits per heavy atom. The molecule has 1 aliphatic rings. The fourth-order valence-corrected chi connectivity index (χ4v) is 2.05. The Hall–Kier alpha value is -0.940. The predicted molar refractivity (Wildman–Crippen MR) is 67.3 cm³/mol. The van der Waals surface area contributed by atoms with E-state index < -0.39 is 0 Å². The highest BCUT2D eigenvalue weighted by molar-refractivity contribution is 5.89. The van der Waals surface area contributed by atoms with Crippen LogP contribution >= 0.6 is 0 Å². The fourth-order valence-electron chi connectivity index (χ4n) is 2.05. The zero-order valence-electron chi connectivity index (χ0n) is 11.3. The lowest BCUT2D eigenvalue weighted by atomic mass is 10.1. The molecular weight excluding hydrogens is 234 g/mol. The van der Waals surface area contributed by atoms with E-state index in [1.165, 1.54) is 0 Å². The van der Waals surface area contributed by atoms with E-state index in [4.69, 9.17) is 9.47 Å². The summed E-state index contributed by atoms with van der Waals surface area (Å²) in [7, 11) is 1.63.